The molecule has 4 rings (SSSR count). The maximum atomic E-state index is 12.4. The molecule has 0 saturated carbocycles. The molecule has 3 N–H and O–H groups in total. The number of aromatic nitrogens is 3. The van der Waals surface area contributed by atoms with Crippen LogP contribution in [0.2, 0.25) is 5.02 Å². The van der Waals surface area contributed by atoms with Crippen molar-refractivity contribution in [3.8, 4) is 11.6 Å². The third kappa shape index (κ3) is 3.02. The van der Waals surface area contributed by atoms with Crippen LogP contribution >= 0.6 is 11.6 Å². The number of fused-ring (bicyclic) bond motifs is 1. The van der Waals surface area contributed by atoms with Crippen LogP contribution in [0.4, 0.5) is 5.82 Å². The molecule has 130 valence electrons. The van der Waals surface area contributed by atoms with E-state index in [0.29, 0.717) is 28.3 Å². The van der Waals surface area contributed by atoms with Crippen molar-refractivity contribution in [2.24, 2.45) is 0 Å². The zero-order valence-electron chi connectivity index (χ0n) is 13.6. The number of aromatic hydroxyl groups is 1. The minimum Gasteiger partial charge on any atom is -0.494 e. The van der Waals surface area contributed by atoms with Gasteiger partial charge < -0.3 is 10.4 Å². The van der Waals surface area contributed by atoms with Gasteiger partial charge in [-0.2, -0.15) is 5.10 Å². The SMILES string of the molecule is O=c1[nH]c(O)cc2nn(-c3ccccc3)c(NCc3ccc(Cl)cc3)c12. The van der Waals surface area contributed by atoms with Crippen LogP contribution in [-0.2, 0) is 6.54 Å². The van der Waals surface area contributed by atoms with Crippen molar-refractivity contribution >= 4 is 28.3 Å². The second kappa shape index (κ2) is 6.57. The van der Waals surface area contributed by atoms with E-state index in [2.05, 4.69) is 15.4 Å². The molecule has 0 fully saturated rings. The van der Waals surface area contributed by atoms with E-state index in [1.165, 1.54) is 6.07 Å². The molecule has 6 nitrogen and oxygen atoms in total. The molecule has 0 radical (unpaired) electrons. The van der Waals surface area contributed by atoms with Crippen LogP contribution in [0.25, 0.3) is 16.6 Å². The summed E-state index contributed by atoms with van der Waals surface area (Å²) in [6, 6.07) is 18.4. The Hall–Kier alpha value is -3.25. The number of halogens is 1. The van der Waals surface area contributed by atoms with Crippen LogP contribution < -0.4 is 10.9 Å². The van der Waals surface area contributed by atoms with Crippen LogP contribution in [0.3, 0.4) is 0 Å². The number of hydrogen-bond donors (Lipinski definition) is 3. The van der Waals surface area contributed by atoms with E-state index in [-0.39, 0.29) is 5.88 Å². The molecule has 7 heteroatoms. The van der Waals surface area contributed by atoms with Crippen molar-refractivity contribution in [3.63, 3.8) is 0 Å². The predicted molar refractivity (Wildman–Crippen MR) is 102 cm³/mol. The minimum absolute atomic E-state index is 0.218. The Bertz CT molecular complexity index is 1120. The van der Waals surface area contributed by atoms with Crippen LogP contribution in [-0.4, -0.2) is 19.9 Å². The fourth-order valence-electron chi connectivity index (χ4n) is 2.81. The minimum atomic E-state index is -0.402. The highest BCUT2D eigenvalue weighted by Crippen LogP contribution is 2.26. The van der Waals surface area contributed by atoms with Crippen molar-refractivity contribution in [2.45, 2.75) is 6.54 Å². The molecule has 0 unspecified atom stereocenters. The maximum Gasteiger partial charge on any atom is 0.264 e. The van der Waals surface area contributed by atoms with Crippen molar-refractivity contribution in [1.29, 1.82) is 0 Å². The molecule has 0 aliphatic carbocycles. The summed E-state index contributed by atoms with van der Waals surface area (Å²) in [7, 11) is 0. The molecule has 0 aliphatic heterocycles. The fraction of sp³-hybridized carbons (Fsp3) is 0.0526. The highest BCUT2D eigenvalue weighted by molar-refractivity contribution is 6.30. The predicted octanol–water partition coefficient (Wildman–Crippen LogP) is 3.68. The smallest absolute Gasteiger partial charge is 0.264 e. The molecule has 0 bridgehead atoms. The molecular formula is C19H15ClN4O2. The van der Waals surface area contributed by atoms with Gasteiger partial charge in [0.05, 0.1) is 5.69 Å². The van der Waals surface area contributed by atoms with Crippen molar-refractivity contribution in [3.05, 3.63) is 81.6 Å². The number of hydrogen-bond acceptors (Lipinski definition) is 4. The number of H-pyrrole nitrogens is 1. The molecule has 2 aromatic carbocycles. The van der Waals surface area contributed by atoms with Crippen molar-refractivity contribution < 1.29 is 5.11 Å². The summed E-state index contributed by atoms with van der Waals surface area (Å²) >= 11 is 5.93. The second-order valence-corrected chi connectivity index (χ2v) is 6.26. The van der Waals surface area contributed by atoms with Gasteiger partial charge in [-0.05, 0) is 29.8 Å². The van der Waals surface area contributed by atoms with Gasteiger partial charge in [-0.1, -0.05) is 41.9 Å². The Morgan fingerprint density at radius 3 is 2.58 bits per heavy atom. The summed E-state index contributed by atoms with van der Waals surface area (Å²) in [5, 5.41) is 18.5. The van der Waals surface area contributed by atoms with E-state index in [1.807, 2.05) is 54.6 Å². The van der Waals surface area contributed by atoms with E-state index in [4.69, 9.17) is 11.6 Å². The first kappa shape index (κ1) is 16.2. The average molecular weight is 367 g/mol. The number of benzene rings is 2. The van der Waals surface area contributed by atoms with Crippen LogP contribution in [0.5, 0.6) is 5.88 Å². The molecule has 26 heavy (non-hydrogen) atoms. The second-order valence-electron chi connectivity index (χ2n) is 5.82. The lowest BCUT2D eigenvalue weighted by Gasteiger charge is -2.10. The Kier molecular flexibility index (Phi) is 4.10. The number of para-hydroxylation sites is 1. The molecule has 0 aliphatic rings. The van der Waals surface area contributed by atoms with Gasteiger partial charge in [-0.3, -0.25) is 9.78 Å². The van der Waals surface area contributed by atoms with Gasteiger partial charge in [0, 0.05) is 17.6 Å². The summed E-state index contributed by atoms with van der Waals surface area (Å²) in [4.78, 5) is 14.8. The lowest BCUT2D eigenvalue weighted by Crippen LogP contribution is -2.10. The quantitative estimate of drug-likeness (QED) is 0.514. The summed E-state index contributed by atoms with van der Waals surface area (Å²) in [5.74, 6) is 0.340. The molecule has 0 spiro atoms. The van der Waals surface area contributed by atoms with E-state index in [9.17, 15) is 9.90 Å². The summed E-state index contributed by atoms with van der Waals surface area (Å²) < 4.78 is 1.66. The number of aromatic amines is 1. The Balaban J connectivity index is 1.82. The first-order valence-electron chi connectivity index (χ1n) is 8.00. The van der Waals surface area contributed by atoms with Crippen LogP contribution in [0, 0.1) is 0 Å². The summed E-state index contributed by atoms with van der Waals surface area (Å²) in [5.41, 5.74) is 1.83. The number of rotatable bonds is 4. The Morgan fingerprint density at radius 1 is 1.12 bits per heavy atom. The first-order chi connectivity index (χ1) is 12.6. The van der Waals surface area contributed by atoms with E-state index in [1.54, 1.807) is 4.68 Å². The molecule has 2 aromatic heterocycles. The zero-order valence-corrected chi connectivity index (χ0v) is 14.4. The highest BCUT2D eigenvalue weighted by Gasteiger charge is 2.16. The topological polar surface area (TPSA) is 82.9 Å². The summed E-state index contributed by atoms with van der Waals surface area (Å²) in [6.45, 7) is 0.491. The lowest BCUT2D eigenvalue weighted by atomic mass is 10.2. The van der Waals surface area contributed by atoms with Gasteiger partial charge in [0.1, 0.15) is 16.7 Å². The largest absolute Gasteiger partial charge is 0.494 e. The van der Waals surface area contributed by atoms with Gasteiger partial charge in [-0.25, -0.2) is 4.68 Å². The third-order valence-electron chi connectivity index (χ3n) is 4.03. The number of anilines is 1. The molecule has 0 saturated heterocycles. The first-order valence-corrected chi connectivity index (χ1v) is 8.38. The Labute approximate surface area is 153 Å². The molecule has 2 heterocycles. The van der Waals surface area contributed by atoms with Gasteiger partial charge in [-0.15, -0.1) is 0 Å². The van der Waals surface area contributed by atoms with Crippen molar-refractivity contribution in [1.82, 2.24) is 14.8 Å². The maximum absolute atomic E-state index is 12.4. The van der Waals surface area contributed by atoms with Crippen molar-refractivity contribution in [2.75, 3.05) is 5.32 Å². The van der Waals surface area contributed by atoms with E-state index in [0.717, 1.165) is 11.3 Å². The molecule has 4 aromatic rings. The number of nitrogens with one attached hydrogen (secondary N) is 2. The van der Waals surface area contributed by atoms with Crippen LogP contribution in [0.15, 0.2) is 65.5 Å². The Morgan fingerprint density at radius 2 is 1.85 bits per heavy atom. The van der Waals surface area contributed by atoms with Gasteiger partial charge >= 0.3 is 0 Å². The molecule has 0 amide bonds. The lowest BCUT2D eigenvalue weighted by molar-refractivity contribution is 0.453. The highest BCUT2D eigenvalue weighted by atomic mass is 35.5. The zero-order chi connectivity index (χ0) is 18.1. The van der Waals surface area contributed by atoms with Gasteiger partial charge in [0.25, 0.3) is 5.56 Å². The van der Waals surface area contributed by atoms with E-state index < -0.39 is 5.56 Å². The standard InChI is InChI=1S/C19H15ClN4O2/c20-13-8-6-12(7-9-13)11-21-18-17-15(10-16(25)22-19(17)26)23-24(18)14-4-2-1-3-5-14/h1-10,21,25H,11H2,(H,22,26). The normalized spacial score (nSPS) is 11.0. The number of pyridine rings is 1. The molecule has 0 atom stereocenters. The third-order valence-corrected chi connectivity index (χ3v) is 4.28. The fourth-order valence-corrected chi connectivity index (χ4v) is 2.94. The van der Waals surface area contributed by atoms with Crippen LogP contribution in [0.1, 0.15) is 5.56 Å². The van der Waals surface area contributed by atoms with Gasteiger partial charge in [0.2, 0.25) is 0 Å². The summed E-state index contributed by atoms with van der Waals surface area (Å²) in [6.07, 6.45) is 0. The monoisotopic (exact) mass is 366 g/mol. The molecular weight excluding hydrogens is 352 g/mol. The van der Waals surface area contributed by atoms with Gasteiger partial charge in [0.15, 0.2) is 5.88 Å². The van der Waals surface area contributed by atoms with E-state index >= 15 is 0 Å². The number of nitrogens with zero attached hydrogens (tertiary/aromatic N) is 2. The average Bonchev–Trinajstić information content (AvgIpc) is 3.00.